The Balaban J connectivity index is 2.40. The highest BCUT2D eigenvalue weighted by Gasteiger charge is 2.52. The summed E-state index contributed by atoms with van der Waals surface area (Å²) in [6, 6.07) is 5.97. The van der Waals surface area contributed by atoms with Crippen LogP contribution in [0.5, 0.6) is 5.75 Å². The minimum Gasteiger partial charge on any atom is -0.496 e. The molecule has 1 heterocycles. The molecule has 0 atom stereocenters. The Bertz CT molecular complexity index is 666. The average Bonchev–Trinajstić information content (AvgIpc) is 2.71. The molecule has 0 unspecified atom stereocenters. The van der Waals surface area contributed by atoms with Crippen LogP contribution in [0.1, 0.15) is 45.7 Å². The number of benzene rings is 1. The fourth-order valence-corrected chi connectivity index (χ4v) is 2.59. The van der Waals surface area contributed by atoms with Crippen LogP contribution in [0.4, 0.5) is 0 Å². The van der Waals surface area contributed by atoms with Gasteiger partial charge in [0.1, 0.15) is 5.75 Å². The van der Waals surface area contributed by atoms with E-state index in [-0.39, 0.29) is 5.91 Å². The Morgan fingerprint density at radius 3 is 2.36 bits per heavy atom. The van der Waals surface area contributed by atoms with Gasteiger partial charge in [0.25, 0.3) is 0 Å². The predicted octanol–water partition coefficient (Wildman–Crippen LogP) is 3.15. The number of hydrogen-bond acceptors (Lipinski definition) is 4. The van der Waals surface area contributed by atoms with Gasteiger partial charge in [-0.2, -0.15) is 0 Å². The lowest BCUT2D eigenvalue weighted by Gasteiger charge is -2.32. The summed E-state index contributed by atoms with van der Waals surface area (Å²) in [5.74, 6) is 0.668. The molecule has 136 valence electrons. The average molecular weight is 345 g/mol. The van der Waals surface area contributed by atoms with Crippen molar-refractivity contribution in [3.63, 3.8) is 0 Å². The van der Waals surface area contributed by atoms with Gasteiger partial charge in [-0.1, -0.05) is 17.7 Å². The van der Waals surface area contributed by atoms with Gasteiger partial charge in [0.15, 0.2) is 0 Å². The van der Waals surface area contributed by atoms with Crippen LogP contribution >= 0.6 is 0 Å². The van der Waals surface area contributed by atoms with Gasteiger partial charge in [0.05, 0.1) is 18.3 Å². The first-order chi connectivity index (χ1) is 11.6. The number of amides is 1. The number of aryl methyl sites for hydroxylation is 1. The van der Waals surface area contributed by atoms with Crippen molar-refractivity contribution in [1.29, 1.82) is 0 Å². The highest BCUT2D eigenvalue weighted by molar-refractivity contribution is 6.56. The second kappa shape index (κ2) is 7.22. The van der Waals surface area contributed by atoms with Crippen molar-refractivity contribution in [2.45, 2.75) is 52.7 Å². The minimum atomic E-state index is -0.526. The van der Waals surface area contributed by atoms with Crippen molar-refractivity contribution in [3.8, 4) is 5.75 Å². The van der Waals surface area contributed by atoms with Gasteiger partial charge in [-0.05, 0) is 52.2 Å². The second-order valence-electron chi connectivity index (χ2n) is 7.46. The quantitative estimate of drug-likeness (QED) is 0.833. The molecule has 0 spiro atoms. The van der Waals surface area contributed by atoms with Crippen LogP contribution in [0.25, 0.3) is 6.08 Å². The van der Waals surface area contributed by atoms with Crippen molar-refractivity contribution in [1.82, 2.24) is 5.32 Å². The number of carbonyl (C=O) groups is 1. The maximum atomic E-state index is 11.4. The maximum absolute atomic E-state index is 11.4. The third kappa shape index (κ3) is 4.44. The number of methoxy groups -OCH3 is 1. The minimum absolute atomic E-state index is 0.0985. The molecule has 1 amide bonds. The second-order valence-corrected chi connectivity index (χ2v) is 7.46. The van der Waals surface area contributed by atoms with Crippen molar-refractivity contribution < 1.29 is 18.8 Å². The lowest BCUT2D eigenvalue weighted by Crippen LogP contribution is -2.41. The zero-order chi connectivity index (χ0) is 18.8. The van der Waals surface area contributed by atoms with Crippen LogP contribution in [0.15, 0.2) is 23.7 Å². The first-order valence-corrected chi connectivity index (χ1v) is 8.51. The molecule has 1 aliphatic rings. The molecule has 1 aromatic rings. The summed E-state index contributed by atoms with van der Waals surface area (Å²) >= 11 is 0. The van der Waals surface area contributed by atoms with E-state index >= 15 is 0 Å². The summed E-state index contributed by atoms with van der Waals surface area (Å²) < 4.78 is 17.8. The molecule has 0 radical (unpaired) electrons. The summed E-state index contributed by atoms with van der Waals surface area (Å²) in [4.78, 5) is 11.4. The molecule has 0 aliphatic carbocycles. The first kappa shape index (κ1) is 19.5. The molecule has 1 N–H and O–H groups in total. The standard InChI is InChI=1S/C19H28BNO4/c1-13-8-9-17(23-7)15(10-13)11-16(12-21-14(2)22)20-24-18(3,4)19(5,6)25-20/h8-11H,12H2,1-7H3,(H,21,22). The van der Waals surface area contributed by atoms with Crippen LogP contribution in [-0.4, -0.2) is 37.9 Å². The molecule has 1 aliphatic heterocycles. The van der Waals surface area contributed by atoms with Gasteiger partial charge in [0.2, 0.25) is 5.91 Å². The monoisotopic (exact) mass is 345 g/mol. The molecular weight excluding hydrogens is 317 g/mol. The molecule has 25 heavy (non-hydrogen) atoms. The SMILES string of the molecule is COc1ccc(C)cc1C=C(CNC(C)=O)B1OC(C)(C)C(C)(C)O1. The Hall–Kier alpha value is -1.79. The van der Waals surface area contributed by atoms with Gasteiger partial charge in [-0.25, -0.2) is 0 Å². The normalized spacial score (nSPS) is 19.0. The van der Waals surface area contributed by atoms with E-state index in [9.17, 15) is 4.79 Å². The lowest BCUT2D eigenvalue weighted by atomic mass is 9.76. The first-order valence-electron chi connectivity index (χ1n) is 8.51. The number of ether oxygens (including phenoxy) is 1. The number of rotatable bonds is 5. The van der Waals surface area contributed by atoms with Gasteiger partial charge in [-0.15, -0.1) is 0 Å². The summed E-state index contributed by atoms with van der Waals surface area (Å²) in [5.41, 5.74) is 2.02. The molecule has 6 heteroatoms. The Morgan fingerprint density at radius 1 is 1.24 bits per heavy atom. The topological polar surface area (TPSA) is 56.8 Å². The van der Waals surface area contributed by atoms with E-state index in [4.69, 9.17) is 14.0 Å². The van der Waals surface area contributed by atoms with Gasteiger partial charge >= 0.3 is 7.12 Å². The van der Waals surface area contributed by atoms with Gasteiger partial charge in [-0.3, -0.25) is 4.79 Å². The van der Waals surface area contributed by atoms with Crippen molar-refractivity contribution in [2.75, 3.05) is 13.7 Å². The van der Waals surface area contributed by atoms with Crippen molar-refractivity contribution >= 4 is 19.1 Å². The van der Waals surface area contributed by atoms with Crippen LogP contribution in [0, 0.1) is 6.92 Å². The summed E-state index contributed by atoms with van der Waals surface area (Å²) in [6.07, 6.45) is 1.98. The zero-order valence-corrected chi connectivity index (χ0v) is 16.2. The molecule has 0 bridgehead atoms. The summed E-state index contributed by atoms with van der Waals surface area (Å²) in [6.45, 7) is 11.9. The zero-order valence-electron chi connectivity index (χ0n) is 16.2. The highest BCUT2D eigenvalue weighted by Crippen LogP contribution is 2.39. The van der Waals surface area contributed by atoms with E-state index in [2.05, 4.69) is 5.32 Å². The van der Waals surface area contributed by atoms with E-state index < -0.39 is 18.3 Å². The van der Waals surface area contributed by atoms with Gasteiger partial charge in [0, 0.05) is 19.0 Å². The van der Waals surface area contributed by atoms with E-state index in [0.717, 1.165) is 22.3 Å². The fourth-order valence-electron chi connectivity index (χ4n) is 2.59. The summed E-state index contributed by atoms with van der Waals surface area (Å²) in [5, 5.41) is 2.84. The molecular formula is C19H28BNO4. The Kier molecular flexibility index (Phi) is 5.64. The van der Waals surface area contributed by atoms with E-state index in [1.807, 2.05) is 58.9 Å². The van der Waals surface area contributed by atoms with Crippen LogP contribution in [0.2, 0.25) is 0 Å². The molecule has 1 fully saturated rings. The largest absolute Gasteiger partial charge is 0.496 e. The number of nitrogens with one attached hydrogen (secondary N) is 1. The molecule has 0 aromatic heterocycles. The third-order valence-electron chi connectivity index (χ3n) is 4.82. The Labute approximate surface area is 150 Å². The van der Waals surface area contributed by atoms with Crippen LogP contribution < -0.4 is 10.1 Å². The summed E-state index contributed by atoms with van der Waals surface area (Å²) in [7, 11) is 1.12. The van der Waals surface area contributed by atoms with E-state index in [0.29, 0.717) is 6.54 Å². The van der Waals surface area contributed by atoms with Crippen LogP contribution in [-0.2, 0) is 14.1 Å². The molecule has 2 rings (SSSR count). The third-order valence-corrected chi connectivity index (χ3v) is 4.82. The van der Waals surface area contributed by atoms with Crippen LogP contribution in [0.3, 0.4) is 0 Å². The number of hydrogen-bond donors (Lipinski definition) is 1. The Morgan fingerprint density at radius 2 is 1.84 bits per heavy atom. The van der Waals surface area contributed by atoms with Crippen molar-refractivity contribution in [2.24, 2.45) is 0 Å². The van der Waals surface area contributed by atoms with Crippen molar-refractivity contribution in [3.05, 3.63) is 34.8 Å². The van der Waals surface area contributed by atoms with Gasteiger partial charge < -0.3 is 19.4 Å². The lowest BCUT2D eigenvalue weighted by molar-refractivity contribution is -0.118. The molecule has 1 aromatic carbocycles. The number of carbonyl (C=O) groups excluding carboxylic acids is 1. The highest BCUT2D eigenvalue weighted by atomic mass is 16.7. The fraction of sp³-hybridized carbons (Fsp3) is 0.526. The maximum Gasteiger partial charge on any atom is 0.492 e. The molecule has 1 saturated heterocycles. The predicted molar refractivity (Wildman–Crippen MR) is 100 cm³/mol. The molecule has 5 nitrogen and oxygen atoms in total. The smallest absolute Gasteiger partial charge is 0.492 e. The van der Waals surface area contributed by atoms with E-state index in [1.54, 1.807) is 7.11 Å². The molecule has 0 saturated carbocycles. The van der Waals surface area contributed by atoms with E-state index in [1.165, 1.54) is 6.92 Å².